The van der Waals surface area contributed by atoms with Gasteiger partial charge in [-0.1, -0.05) is 12.1 Å². The molecule has 0 bridgehead atoms. The van der Waals surface area contributed by atoms with Crippen LogP contribution in [-0.2, 0) is 6.54 Å². The van der Waals surface area contributed by atoms with Gasteiger partial charge in [0.2, 0.25) is 0 Å². The van der Waals surface area contributed by atoms with Crippen LogP contribution in [0.1, 0.15) is 25.5 Å². The Balaban J connectivity index is 1.76. The van der Waals surface area contributed by atoms with E-state index in [0.717, 1.165) is 17.9 Å². The van der Waals surface area contributed by atoms with Crippen molar-refractivity contribution in [2.24, 2.45) is 0 Å². The Bertz CT molecular complexity index is 697. The average Bonchev–Trinajstić information content (AvgIpc) is 3.17. The molecule has 0 aliphatic heterocycles. The maximum atomic E-state index is 4.36. The molecule has 0 unspecified atom stereocenters. The van der Waals surface area contributed by atoms with Crippen LogP contribution < -0.4 is 5.32 Å². The van der Waals surface area contributed by atoms with Crippen LogP contribution in [0.3, 0.4) is 0 Å². The highest BCUT2D eigenvalue weighted by Crippen LogP contribution is 2.19. The predicted molar refractivity (Wildman–Crippen MR) is 83.5 cm³/mol. The van der Waals surface area contributed by atoms with Gasteiger partial charge in [0.05, 0.1) is 17.6 Å². The molecule has 5 nitrogen and oxygen atoms in total. The minimum Gasteiger partial charge on any atom is -0.379 e. The van der Waals surface area contributed by atoms with Crippen molar-refractivity contribution in [2.45, 2.75) is 26.4 Å². The van der Waals surface area contributed by atoms with E-state index in [9.17, 15) is 0 Å². The Hall–Kier alpha value is -2.56. The van der Waals surface area contributed by atoms with Gasteiger partial charge in [0, 0.05) is 36.7 Å². The molecule has 0 spiro atoms. The number of aromatic nitrogens is 4. The molecule has 2 aromatic heterocycles. The Labute approximate surface area is 124 Å². The molecule has 3 rings (SSSR count). The largest absolute Gasteiger partial charge is 0.379 e. The summed E-state index contributed by atoms with van der Waals surface area (Å²) in [5.41, 5.74) is 3.26. The molecule has 0 radical (unpaired) electrons. The maximum Gasteiger partial charge on any atom is 0.0876 e. The van der Waals surface area contributed by atoms with Gasteiger partial charge in [-0.3, -0.25) is 4.68 Å². The van der Waals surface area contributed by atoms with E-state index in [1.807, 2.05) is 46.0 Å². The highest BCUT2D eigenvalue weighted by Gasteiger charge is 2.05. The van der Waals surface area contributed by atoms with E-state index in [0.29, 0.717) is 6.04 Å². The molecule has 5 heteroatoms. The number of para-hydroxylation sites is 2. The number of rotatable bonds is 5. The normalized spacial score (nSPS) is 11.0. The van der Waals surface area contributed by atoms with E-state index in [2.05, 4.69) is 41.6 Å². The van der Waals surface area contributed by atoms with Crippen LogP contribution in [0.5, 0.6) is 0 Å². The Morgan fingerprint density at radius 1 is 1.14 bits per heavy atom. The SMILES string of the molecule is CC(C)n1cc(CNc2ccccc2-n2cccn2)cn1. The van der Waals surface area contributed by atoms with E-state index in [1.165, 1.54) is 5.56 Å². The van der Waals surface area contributed by atoms with Crippen molar-refractivity contribution in [1.29, 1.82) is 0 Å². The first-order valence-electron chi connectivity index (χ1n) is 7.10. The van der Waals surface area contributed by atoms with Crippen LogP contribution in [0.15, 0.2) is 55.1 Å². The molecule has 108 valence electrons. The fourth-order valence-electron chi connectivity index (χ4n) is 2.18. The summed E-state index contributed by atoms with van der Waals surface area (Å²) in [6.07, 6.45) is 7.71. The molecular weight excluding hydrogens is 262 g/mol. The zero-order valence-corrected chi connectivity index (χ0v) is 12.3. The predicted octanol–water partition coefficient (Wildman–Crippen LogP) is 3.26. The van der Waals surface area contributed by atoms with Crippen molar-refractivity contribution in [3.05, 3.63) is 60.7 Å². The third-order valence-corrected chi connectivity index (χ3v) is 3.32. The second kappa shape index (κ2) is 5.83. The third kappa shape index (κ3) is 2.97. The highest BCUT2D eigenvalue weighted by atomic mass is 15.3. The summed E-state index contributed by atoms with van der Waals surface area (Å²) < 4.78 is 3.83. The Kier molecular flexibility index (Phi) is 3.73. The second-order valence-electron chi connectivity index (χ2n) is 5.24. The summed E-state index contributed by atoms with van der Waals surface area (Å²) in [5.74, 6) is 0. The monoisotopic (exact) mass is 281 g/mol. The average molecular weight is 281 g/mol. The Morgan fingerprint density at radius 3 is 2.71 bits per heavy atom. The summed E-state index contributed by atoms with van der Waals surface area (Å²) in [4.78, 5) is 0. The summed E-state index contributed by atoms with van der Waals surface area (Å²) in [6.45, 7) is 4.99. The van der Waals surface area contributed by atoms with E-state index < -0.39 is 0 Å². The van der Waals surface area contributed by atoms with Crippen LogP contribution in [-0.4, -0.2) is 19.6 Å². The highest BCUT2D eigenvalue weighted by molar-refractivity contribution is 5.60. The molecule has 1 aromatic carbocycles. The lowest BCUT2D eigenvalue weighted by Crippen LogP contribution is -2.04. The van der Waals surface area contributed by atoms with Gasteiger partial charge in [-0.2, -0.15) is 10.2 Å². The molecule has 2 heterocycles. The molecule has 21 heavy (non-hydrogen) atoms. The molecule has 0 atom stereocenters. The maximum absolute atomic E-state index is 4.36. The van der Waals surface area contributed by atoms with Gasteiger partial charge in [0.25, 0.3) is 0 Å². The number of hydrogen-bond donors (Lipinski definition) is 1. The summed E-state index contributed by atoms with van der Waals surface area (Å²) in [7, 11) is 0. The van der Waals surface area contributed by atoms with Crippen LogP contribution in [0.4, 0.5) is 5.69 Å². The van der Waals surface area contributed by atoms with Gasteiger partial charge >= 0.3 is 0 Å². The van der Waals surface area contributed by atoms with Crippen LogP contribution in [0, 0.1) is 0 Å². The van der Waals surface area contributed by atoms with Gasteiger partial charge in [-0.15, -0.1) is 0 Å². The zero-order valence-electron chi connectivity index (χ0n) is 12.3. The van der Waals surface area contributed by atoms with Crippen LogP contribution in [0.2, 0.25) is 0 Å². The van der Waals surface area contributed by atoms with E-state index >= 15 is 0 Å². The first kappa shape index (κ1) is 13.4. The zero-order chi connectivity index (χ0) is 14.7. The Morgan fingerprint density at radius 2 is 2.00 bits per heavy atom. The van der Waals surface area contributed by atoms with Gasteiger partial charge in [-0.25, -0.2) is 4.68 Å². The van der Waals surface area contributed by atoms with Gasteiger partial charge in [0.15, 0.2) is 0 Å². The first-order chi connectivity index (χ1) is 10.2. The molecule has 0 amide bonds. The molecule has 3 aromatic rings. The summed E-state index contributed by atoms with van der Waals surface area (Å²) >= 11 is 0. The minimum atomic E-state index is 0.384. The lowest BCUT2D eigenvalue weighted by Gasteiger charge is -2.11. The van der Waals surface area contributed by atoms with Crippen molar-refractivity contribution in [3.63, 3.8) is 0 Å². The summed E-state index contributed by atoms with van der Waals surface area (Å²) in [6, 6.07) is 10.4. The van der Waals surface area contributed by atoms with Crippen molar-refractivity contribution < 1.29 is 0 Å². The fraction of sp³-hybridized carbons (Fsp3) is 0.250. The van der Waals surface area contributed by atoms with Gasteiger partial charge in [-0.05, 0) is 32.0 Å². The van der Waals surface area contributed by atoms with Crippen molar-refractivity contribution in [2.75, 3.05) is 5.32 Å². The summed E-state index contributed by atoms with van der Waals surface area (Å²) in [5, 5.41) is 12.1. The molecule has 0 aliphatic carbocycles. The first-order valence-corrected chi connectivity index (χ1v) is 7.10. The number of nitrogens with zero attached hydrogens (tertiary/aromatic N) is 4. The molecule has 0 fully saturated rings. The lowest BCUT2D eigenvalue weighted by molar-refractivity contribution is 0.532. The van der Waals surface area contributed by atoms with E-state index in [-0.39, 0.29) is 0 Å². The van der Waals surface area contributed by atoms with Crippen molar-refractivity contribution in [1.82, 2.24) is 19.6 Å². The molecular formula is C16H19N5. The number of benzene rings is 1. The van der Waals surface area contributed by atoms with Crippen LogP contribution in [0.25, 0.3) is 5.69 Å². The van der Waals surface area contributed by atoms with Gasteiger partial charge in [0.1, 0.15) is 0 Å². The van der Waals surface area contributed by atoms with Crippen molar-refractivity contribution in [3.8, 4) is 5.69 Å². The van der Waals surface area contributed by atoms with Crippen molar-refractivity contribution >= 4 is 5.69 Å². The smallest absolute Gasteiger partial charge is 0.0876 e. The molecule has 0 aliphatic rings. The number of anilines is 1. The molecule has 0 saturated heterocycles. The van der Waals surface area contributed by atoms with E-state index in [1.54, 1.807) is 6.20 Å². The van der Waals surface area contributed by atoms with Crippen LogP contribution >= 0.6 is 0 Å². The third-order valence-electron chi connectivity index (χ3n) is 3.32. The van der Waals surface area contributed by atoms with E-state index in [4.69, 9.17) is 0 Å². The number of nitrogens with one attached hydrogen (secondary N) is 1. The molecule has 1 N–H and O–H groups in total. The standard InChI is InChI=1S/C16H19N5/c1-13(2)21-12-14(11-19-21)10-17-15-6-3-4-7-16(15)20-9-5-8-18-20/h3-9,11-13,17H,10H2,1-2H3. The topological polar surface area (TPSA) is 47.7 Å². The van der Waals surface area contributed by atoms with Gasteiger partial charge < -0.3 is 5.32 Å². The number of hydrogen-bond acceptors (Lipinski definition) is 3. The fourth-order valence-corrected chi connectivity index (χ4v) is 2.18. The molecule has 0 saturated carbocycles. The lowest BCUT2D eigenvalue weighted by atomic mass is 10.2. The second-order valence-corrected chi connectivity index (χ2v) is 5.24. The minimum absolute atomic E-state index is 0.384. The quantitative estimate of drug-likeness (QED) is 0.781.